The van der Waals surface area contributed by atoms with Crippen molar-refractivity contribution in [1.29, 1.82) is 0 Å². The number of hydrogen-bond acceptors (Lipinski definition) is 6. The smallest absolute Gasteiger partial charge is 0.225 e. The summed E-state index contributed by atoms with van der Waals surface area (Å²) < 4.78 is 1.87. The van der Waals surface area contributed by atoms with Crippen LogP contribution in [0, 0.1) is 5.92 Å². The highest BCUT2D eigenvalue weighted by atomic mass is 16.2. The molecule has 3 heterocycles. The van der Waals surface area contributed by atoms with Gasteiger partial charge in [0.05, 0.1) is 12.1 Å². The van der Waals surface area contributed by atoms with Crippen LogP contribution in [0.2, 0.25) is 0 Å². The lowest BCUT2D eigenvalue weighted by molar-refractivity contribution is -0.133. The van der Waals surface area contributed by atoms with Gasteiger partial charge in [0.2, 0.25) is 17.8 Å². The van der Waals surface area contributed by atoms with Gasteiger partial charge in [-0.3, -0.25) is 14.2 Å². The number of likely N-dealkylation sites (tertiary alicyclic amines) is 1. The van der Waals surface area contributed by atoms with Gasteiger partial charge in [0.15, 0.2) is 0 Å². The number of nitrogens with zero attached hydrogens (tertiary/aromatic N) is 5. The van der Waals surface area contributed by atoms with Gasteiger partial charge in [-0.2, -0.15) is 4.98 Å². The van der Waals surface area contributed by atoms with Crippen LogP contribution in [0.3, 0.4) is 0 Å². The fourth-order valence-electron chi connectivity index (χ4n) is 5.09. The minimum absolute atomic E-state index is 0.0359. The van der Waals surface area contributed by atoms with E-state index >= 15 is 0 Å². The molecule has 1 saturated carbocycles. The van der Waals surface area contributed by atoms with E-state index in [9.17, 15) is 9.59 Å². The molecule has 2 aromatic heterocycles. The lowest BCUT2D eigenvalue weighted by Crippen LogP contribution is -2.45. The number of amides is 2. The zero-order valence-corrected chi connectivity index (χ0v) is 20.5. The van der Waals surface area contributed by atoms with Gasteiger partial charge in [0.1, 0.15) is 11.6 Å². The van der Waals surface area contributed by atoms with Gasteiger partial charge >= 0.3 is 0 Å². The quantitative estimate of drug-likeness (QED) is 0.406. The van der Waals surface area contributed by atoms with E-state index in [1.54, 1.807) is 18.5 Å². The molecule has 1 aliphatic carbocycles. The molecule has 3 N–H and O–H groups in total. The predicted molar refractivity (Wildman–Crippen MR) is 141 cm³/mol. The maximum atomic E-state index is 12.6. The Kier molecular flexibility index (Phi) is 6.04. The summed E-state index contributed by atoms with van der Waals surface area (Å²) in [4.78, 5) is 40.3. The van der Waals surface area contributed by atoms with E-state index in [4.69, 9.17) is 10.7 Å². The molecule has 2 fully saturated rings. The molecule has 9 heteroatoms. The molecule has 0 bridgehead atoms. The number of primary amides is 1. The van der Waals surface area contributed by atoms with Crippen LogP contribution in [-0.2, 0) is 16.0 Å². The van der Waals surface area contributed by atoms with Crippen molar-refractivity contribution in [2.24, 2.45) is 11.7 Å². The van der Waals surface area contributed by atoms with E-state index in [1.807, 2.05) is 27.7 Å². The number of anilines is 1. The monoisotopic (exact) mass is 495 g/mol. The van der Waals surface area contributed by atoms with E-state index in [0.717, 1.165) is 48.6 Å². The lowest BCUT2D eigenvalue weighted by atomic mass is 10.1. The van der Waals surface area contributed by atoms with Gasteiger partial charge in [-0.15, -0.1) is 0 Å². The summed E-state index contributed by atoms with van der Waals surface area (Å²) in [6.07, 6.45) is 7.32. The first-order valence-corrected chi connectivity index (χ1v) is 12.8. The Labute approximate surface area is 214 Å². The molecule has 2 aromatic carbocycles. The zero-order chi connectivity index (χ0) is 25.4. The van der Waals surface area contributed by atoms with Crippen LogP contribution < -0.4 is 11.1 Å². The summed E-state index contributed by atoms with van der Waals surface area (Å²) >= 11 is 0. The third kappa shape index (κ3) is 4.89. The molecule has 1 aliphatic heterocycles. The van der Waals surface area contributed by atoms with Crippen molar-refractivity contribution < 1.29 is 9.59 Å². The number of nitrogens with one attached hydrogen (secondary N) is 1. The second-order valence-corrected chi connectivity index (χ2v) is 9.89. The van der Waals surface area contributed by atoms with Crippen molar-refractivity contribution in [3.63, 3.8) is 0 Å². The fourth-order valence-corrected chi connectivity index (χ4v) is 5.09. The summed E-state index contributed by atoms with van der Waals surface area (Å²) in [5.41, 5.74) is 7.11. The van der Waals surface area contributed by atoms with Gasteiger partial charge in [0.25, 0.3) is 0 Å². The minimum atomic E-state index is -0.443. The van der Waals surface area contributed by atoms with Crippen LogP contribution in [0.15, 0.2) is 60.9 Å². The average Bonchev–Trinajstić information content (AvgIpc) is 3.68. The van der Waals surface area contributed by atoms with Gasteiger partial charge in [-0.05, 0) is 48.6 Å². The number of benzene rings is 2. The highest BCUT2D eigenvalue weighted by Gasteiger charge is 2.35. The molecule has 2 amide bonds. The Hall–Kier alpha value is -4.27. The molecule has 6 rings (SSSR count). The third-order valence-corrected chi connectivity index (χ3v) is 7.06. The number of carbonyl (C=O) groups is 2. The van der Waals surface area contributed by atoms with Crippen LogP contribution in [0.5, 0.6) is 0 Å². The summed E-state index contributed by atoms with van der Waals surface area (Å²) in [6, 6.07) is 16.2. The minimum Gasteiger partial charge on any atom is -0.369 e. The molecule has 1 atom stereocenters. The number of carbonyl (C=O) groups excluding carboxylic acids is 2. The number of piperidine rings is 1. The van der Waals surface area contributed by atoms with E-state index < -0.39 is 5.91 Å². The van der Waals surface area contributed by atoms with Crippen LogP contribution in [0.1, 0.15) is 31.4 Å². The molecular formula is C28H29N7O2. The molecule has 9 nitrogen and oxygen atoms in total. The van der Waals surface area contributed by atoms with Crippen molar-refractivity contribution in [1.82, 2.24) is 24.4 Å². The first-order chi connectivity index (χ1) is 18.0. The Morgan fingerprint density at radius 2 is 1.86 bits per heavy atom. The molecule has 4 aromatic rings. The second-order valence-electron chi connectivity index (χ2n) is 9.89. The molecule has 2 aliphatic rings. The Balaban J connectivity index is 1.31. The van der Waals surface area contributed by atoms with Crippen LogP contribution in [0.25, 0.3) is 28.0 Å². The van der Waals surface area contributed by atoms with Gasteiger partial charge in [-0.25, -0.2) is 9.97 Å². The van der Waals surface area contributed by atoms with Gasteiger partial charge < -0.3 is 16.0 Å². The van der Waals surface area contributed by atoms with E-state index in [1.165, 1.54) is 0 Å². The highest BCUT2D eigenvalue weighted by molar-refractivity contribution is 5.86. The maximum absolute atomic E-state index is 12.6. The largest absolute Gasteiger partial charge is 0.369 e. The van der Waals surface area contributed by atoms with Crippen LogP contribution in [0.4, 0.5) is 5.95 Å². The van der Waals surface area contributed by atoms with Gasteiger partial charge in [0, 0.05) is 43.0 Å². The number of hydrogen-bond donors (Lipinski definition) is 2. The number of imidazole rings is 1. The summed E-state index contributed by atoms with van der Waals surface area (Å²) in [7, 11) is 0. The summed E-state index contributed by atoms with van der Waals surface area (Å²) in [5.74, 6) is 1.79. The molecule has 0 unspecified atom stereocenters. The Morgan fingerprint density at radius 1 is 1.03 bits per heavy atom. The van der Waals surface area contributed by atoms with Crippen molar-refractivity contribution in [2.75, 3.05) is 18.4 Å². The topological polar surface area (TPSA) is 119 Å². The van der Waals surface area contributed by atoms with E-state index in [2.05, 4.69) is 39.6 Å². The Morgan fingerprint density at radius 3 is 2.68 bits per heavy atom. The van der Waals surface area contributed by atoms with Crippen molar-refractivity contribution >= 4 is 28.5 Å². The normalized spacial score (nSPS) is 17.6. The van der Waals surface area contributed by atoms with Crippen molar-refractivity contribution in [2.45, 2.75) is 38.1 Å². The third-order valence-electron chi connectivity index (χ3n) is 7.06. The van der Waals surface area contributed by atoms with E-state index in [0.29, 0.717) is 29.8 Å². The average molecular weight is 496 g/mol. The first kappa shape index (κ1) is 23.1. The first-order valence-electron chi connectivity index (χ1n) is 12.8. The number of fused-ring (bicyclic) bond motifs is 1. The van der Waals surface area contributed by atoms with Gasteiger partial charge in [-0.1, -0.05) is 36.4 Å². The SMILES string of the molecule is NC(=O)Cc1cnc(-c2ccc3ccccc3c2)n1-c1ccnc(N[C@H]2CCCN(C(=O)C3CC3)C2)n1. The summed E-state index contributed by atoms with van der Waals surface area (Å²) in [6.45, 7) is 1.47. The number of nitrogens with two attached hydrogens (primary N) is 1. The molecule has 0 radical (unpaired) electrons. The number of rotatable bonds is 7. The standard InChI is InChI=1S/C28H29N7O2/c29-24(36)15-23-16-31-26(21-10-7-18-4-1-2-5-20(18)14-21)35(23)25-11-12-30-28(33-25)32-22-6-3-13-34(17-22)27(37)19-8-9-19/h1-2,4-5,7,10-12,14,16,19,22H,3,6,8-9,13,15,17H2,(H2,29,36)(H,30,32,33)/t22-/m0/s1. The highest BCUT2D eigenvalue weighted by Crippen LogP contribution is 2.32. The molecule has 188 valence electrons. The van der Waals surface area contributed by atoms with E-state index in [-0.39, 0.29) is 24.3 Å². The summed E-state index contributed by atoms with van der Waals surface area (Å²) in [5, 5.41) is 5.66. The van der Waals surface area contributed by atoms with Crippen LogP contribution in [-0.4, -0.2) is 55.4 Å². The molecule has 1 saturated heterocycles. The lowest BCUT2D eigenvalue weighted by Gasteiger charge is -2.33. The molecule has 37 heavy (non-hydrogen) atoms. The molecule has 0 spiro atoms. The van der Waals surface area contributed by atoms with Crippen molar-refractivity contribution in [3.8, 4) is 17.2 Å². The van der Waals surface area contributed by atoms with Crippen LogP contribution >= 0.6 is 0 Å². The Bertz CT molecular complexity index is 1480. The molecular weight excluding hydrogens is 466 g/mol. The predicted octanol–water partition coefficient (Wildman–Crippen LogP) is 3.32. The zero-order valence-electron chi connectivity index (χ0n) is 20.5. The maximum Gasteiger partial charge on any atom is 0.225 e. The van der Waals surface area contributed by atoms with Crippen molar-refractivity contribution in [3.05, 3.63) is 66.6 Å². The number of aromatic nitrogens is 4. The fraction of sp³-hybridized carbons (Fsp3) is 0.321. The second kappa shape index (κ2) is 9.65.